The number of hydrogen-bond acceptors (Lipinski definition) is 5. The summed E-state index contributed by atoms with van der Waals surface area (Å²) in [6.07, 6.45) is 0. The maximum absolute atomic E-state index is 13.2. The Morgan fingerprint density at radius 3 is 1.97 bits per heavy atom. The van der Waals surface area contributed by atoms with Gasteiger partial charge in [0.1, 0.15) is 10.6 Å². The summed E-state index contributed by atoms with van der Waals surface area (Å²) in [5.74, 6) is -0.0673. The Bertz CT molecular complexity index is 1280. The third-order valence-electron chi connectivity index (χ3n) is 5.19. The van der Waals surface area contributed by atoms with Gasteiger partial charge in [0.25, 0.3) is 0 Å². The maximum atomic E-state index is 13.2. The third kappa shape index (κ3) is 4.49. The van der Waals surface area contributed by atoms with E-state index in [4.69, 9.17) is 9.58 Å². The van der Waals surface area contributed by atoms with E-state index >= 15 is 0 Å². The quantitative estimate of drug-likeness (QED) is 0.377. The van der Waals surface area contributed by atoms with Crippen molar-refractivity contribution < 1.29 is 17.7 Å². The lowest BCUT2D eigenvalue weighted by Gasteiger charge is -2.26. The summed E-state index contributed by atoms with van der Waals surface area (Å²) in [5, 5.41) is 19.8. The van der Waals surface area contributed by atoms with Gasteiger partial charge in [-0.05, 0) is 46.2 Å². The smallest absolute Gasteiger partial charge is 0.426 e. The number of benzene rings is 3. The Labute approximate surface area is 183 Å². The average Bonchev–Trinajstić information content (AvgIpc) is 2.66. The predicted octanol–water partition coefficient (Wildman–Crippen LogP) is 6.39. The summed E-state index contributed by atoms with van der Waals surface area (Å²) < 4.78 is 32.0. The van der Waals surface area contributed by atoms with E-state index in [1.54, 1.807) is 18.2 Å². The Morgan fingerprint density at radius 2 is 1.45 bits per heavy atom. The number of hydrogen-bond donors (Lipinski definition) is 1. The molecule has 0 unspecified atom stereocenters. The van der Waals surface area contributed by atoms with Crippen molar-refractivity contribution in [3.05, 3.63) is 64.6 Å². The molecule has 0 atom stereocenters. The molecule has 0 radical (unpaired) electrons. The molecule has 0 amide bonds. The SMILES string of the molecule is CC(C)(C)c1cc(OS(=O)(=O)c2cccc3c(O)c([N+]#N)ccc23)cc(C(C)(C)C)c1. The molecule has 7 heteroatoms. The zero-order valence-electron chi connectivity index (χ0n) is 18.6. The molecular formula is C24H27N2O4S+. The molecule has 0 spiro atoms. The van der Waals surface area contributed by atoms with Gasteiger partial charge >= 0.3 is 15.8 Å². The highest BCUT2D eigenvalue weighted by Crippen LogP contribution is 2.38. The largest absolute Gasteiger partial charge is 0.501 e. The van der Waals surface area contributed by atoms with Gasteiger partial charge in [0, 0.05) is 16.8 Å². The molecule has 162 valence electrons. The van der Waals surface area contributed by atoms with Crippen molar-refractivity contribution in [2.24, 2.45) is 0 Å². The van der Waals surface area contributed by atoms with Gasteiger partial charge in [0.05, 0.1) is 0 Å². The van der Waals surface area contributed by atoms with E-state index in [0.717, 1.165) is 11.1 Å². The minimum Gasteiger partial charge on any atom is -0.501 e. The van der Waals surface area contributed by atoms with Gasteiger partial charge in [-0.3, -0.25) is 0 Å². The summed E-state index contributed by atoms with van der Waals surface area (Å²) in [6, 6.07) is 12.9. The average molecular weight is 440 g/mol. The Hall–Kier alpha value is -3.11. The second-order valence-corrected chi connectivity index (χ2v) is 11.2. The molecule has 0 aliphatic carbocycles. The highest BCUT2D eigenvalue weighted by Gasteiger charge is 2.26. The van der Waals surface area contributed by atoms with Crippen LogP contribution in [0.3, 0.4) is 0 Å². The molecule has 0 saturated heterocycles. The standard InChI is InChI=1S/C24H26N2O4S/c1-23(2,3)15-12-16(24(4,5)6)14-17(13-15)30-31(28,29)21-9-7-8-19-18(21)10-11-20(26-25)22(19)27/h7-14H,1-6H3/p+1. The fourth-order valence-electron chi connectivity index (χ4n) is 3.29. The normalized spacial score (nSPS) is 12.5. The lowest BCUT2D eigenvalue weighted by Crippen LogP contribution is -2.18. The molecular weight excluding hydrogens is 412 g/mol. The summed E-state index contributed by atoms with van der Waals surface area (Å²) in [7, 11) is -4.20. The minimum atomic E-state index is -4.20. The second kappa shape index (κ2) is 7.54. The van der Waals surface area contributed by atoms with Crippen LogP contribution in [0.5, 0.6) is 11.5 Å². The van der Waals surface area contributed by atoms with Gasteiger partial charge in [-0.2, -0.15) is 8.42 Å². The Kier molecular flexibility index (Phi) is 5.49. The van der Waals surface area contributed by atoms with Crippen molar-refractivity contribution >= 4 is 26.6 Å². The summed E-state index contributed by atoms with van der Waals surface area (Å²) in [4.78, 5) is 2.93. The molecule has 0 aliphatic rings. The molecule has 0 saturated carbocycles. The first-order chi connectivity index (χ1) is 14.2. The van der Waals surface area contributed by atoms with Crippen LogP contribution >= 0.6 is 0 Å². The van der Waals surface area contributed by atoms with Gasteiger partial charge in [0.2, 0.25) is 11.1 Å². The van der Waals surface area contributed by atoms with Crippen molar-refractivity contribution in [1.82, 2.24) is 0 Å². The lowest BCUT2D eigenvalue weighted by molar-refractivity contribution is 0.481. The van der Waals surface area contributed by atoms with Gasteiger partial charge in [-0.25, -0.2) is 0 Å². The molecule has 1 N–H and O–H groups in total. The molecule has 0 fully saturated rings. The van der Waals surface area contributed by atoms with Crippen LogP contribution in [0, 0.1) is 5.39 Å². The summed E-state index contributed by atoms with van der Waals surface area (Å²) in [5.41, 5.74) is 1.50. The van der Waals surface area contributed by atoms with Gasteiger partial charge in [0.15, 0.2) is 4.98 Å². The number of diazo groups is 1. The van der Waals surface area contributed by atoms with Crippen molar-refractivity contribution in [2.75, 3.05) is 0 Å². The van der Waals surface area contributed by atoms with E-state index in [2.05, 4.69) is 52.6 Å². The van der Waals surface area contributed by atoms with Crippen LogP contribution in [0.25, 0.3) is 15.7 Å². The van der Waals surface area contributed by atoms with Crippen LogP contribution in [-0.2, 0) is 20.9 Å². The van der Waals surface area contributed by atoms with E-state index in [9.17, 15) is 13.5 Å². The van der Waals surface area contributed by atoms with Crippen LogP contribution in [0.1, 0.15) is 52.7 Å². The molecule has 3 aromatic carbocycles. The van der Waals surface area contributed by atoms with Crippen molar-refractivity contribution in [3.8, 4) is 11.5 Å². The van der Waals surface area contributed by atoms with Crippen LogP contribution < -0.4 is 4.18 Å². The zero-order valence-corrected chi connectivity index (χ0v) is 19.4. The molecule has 3 aromatic rings. The van der Waals surface area contributed by atoms with E-state index in [-0.39, 0.29) is 43.7 Å². The predicted molar refractivity (Wildman–Crippen MR) is 122 cm³/mol. The maximum Gasteiger partial charge on any atom is 0.426 e. The van der Waals surface area contributed by atoms with E-state index in [1.165, 1.54) is 24.3 Å². The zero-order chi connectivity index (χ0) is 23.2. The Morgan fingerprint density at radius 1 is 0.871 bits per heavy atom. The van der Waals surface area contributed by atoms with Gasteiger partial charge in [-0.1, -0.05) is 59.7 Å². The highest BCUT2D eigenvalue weighted by molar-refractivity contribution is 7.87. The van der Waals surface area contributed by atoms with Crippen LogP contribution in [0.2, 0.25) is 0 Å². The minimum absolute atomic E-state index is 0.0457. The molecule has 0 bridgehead atoms. The lowest BCUT2D eigenvalue weighted by atomic mass is 9.80. The second-order valence-electron chi connectivity index (χ2n) is 9.67. The first-order valence-electron chi connectivity index (χ1n) is 9.94. The fraction of sp³-hybridized carbons (Fsp3) is 0.333. The monoisotopic (exact) mass is 439 g/mol. The molecule has 3 rings (SSSR count). The number of rotatable bonds is 3. The van der Waals surface area contributed by atoms with Crippen molar-refractivity contribution in [3.63, 3.8) is 0 Å². The number of phenolic OH excluding ortho intramolecular Hbond substituents is 1. The van der Waals surface area contributed by atoms with Gasteiger partial charge in [-0.15, -0.1) is 0 Å². The van der Waals surface area contributed by atoms with Crippen molar-refractivity contribution in [1.29, 1.82) is 5.39 Å². The fourth-order valence-corrected chi connectivity index (χ4v) is 4.42. The number of phenols is 1. The molecule has 31 heavy (non-hydrogen) atoms. The first kappa shape index (κ1) is 22.6. The highest BCUT2D eigenvalue weighted by atomic mass is 32.2. The van der Waals surface area contributed by atoms with Gasteiger partial charge < -0.3 is 9.29 Å². The third-order valence-corrected chi connectivity index (χ3v) is 6.50. The van der Waals surface area contributed by atoms with E-state index in [0.29, 0.717) is 0 Å². The van der Waals surface area contributed by atoms with Crippen LogP contribution in [0.4, 0.5) is 5.69 Å². The topological polar surface area (TPSA) is 91.8 Å². The number of nitrogens with zero attached hydrogens (tertiary/aromatic N) is 2. The Balaban J connectivity index is 2.16. The first-order valence-corrected chi connectivity index (χ1v) is 11.4. The van der Waals surface area contributed by atoms with E-state index < -0.39 is 10.1 Å². The number of fused-ring (bicyclic) bond motifs is 1. The van der Waals surface area contributed by atoms with Crippen molar-refractivity contribution in [2.45, 2.75) is 57.3 Å². The molecule has 0 heterocycles. The van der Waals surface area contributed by atoms with Crippen LogP contribution in [-0.4, -0.2) is 13.5 Å². The number of aromatic hydroxyl groups is 1. The van der Waals surface area contributed by atoms with E-state index in [1.807, 2.05) is 0 Å². The summed E-state index contributed by atoms with van der Waals surface area (Å²) >= 11 is 0. The molecule has 0 aliphatic heterocycles. The molecule has 6 nitrogen and oxygen atoms in total. The van der Waals surface area contributed by atoms with Crippen LogP contribution in [0.15, 0.2) is 53.4 Å². The molecule has 0 aromatic heterocycles. The summed E-state index contributed by atoms with van der Waals surface area (Å²) in [6.45, 7) is 12.4.